The number of hydrogen-bond acceptors (Lipinski definition) is 4. The molecule has 0 atom stereocenters. The molecule has 1 aliphatic rings. The number of hydrogen-bond donors (Lipinski definition) is 2. The zero-order chi connectivity index (χ0) is 16.2. The number of carbonyl (C=O) groups is 2. The highest BCUT2D eigenvalue weighted by atomic mass is 35.5. The lowest BCUT2D eigenvalue weighted by molar-refractivity contribution is -0.145. The van der Waals surface area contributed by atoms with Gasteiger partial charge in [0.25, 0.3) is 0 Å². The van der Waals surface area contributed by atoms with Crippen molar-refractivity contribution >= 4 is 35.2 Å². The van der Waals surface area contributed by atoms with Crippen LogP contribution in [0, 0.1) is 0 Å². The van der Waals surface area contributed by atoms with Crippen molar-refractivity contribution in [3.63, 3.8) is 0 Å². The third kappa shape index (κ3) is 4.38. The fourth-order valence-corrected chi connectivity index (χ4v) is 3.31. The van der Waals surface area contributed by atoms with Crippen LogP contribution >= 0.6 is 23.4 Å². The van der Waals surface area contributed by atoms with Gasteiger partial charge in [-0.1, -0.05) is 23.7 Å². The van der Waals surface area contributed by atoms with Gasteiger partial charge in [-0.2, -0.15) is 0 Å². The number of thioether (sulfide) groups is 1. The minimum absolute atomic E-state index is 0.0190. The number of primary amides is 1. The van der Waals surface area contributed by atoms with Gasteiger partial charge in [0.15, 0.2) is 0 Å². The Kier molecular flexibility index (Phi) is 5.72. The highest BCUT2D eigenvalue weighted by Gasteiger charge is 2.38. The molecular formula is C15H19ClN2O3S. The number of amides is 2. The third-order valence-electron chi connectivity index (χ3n) is 3.81. The summed E-state index contributed by atoms with van der Waals surface area (Å²) in [5, 5.41) is 10.7. The Morgan fingerprint density at radius 2 is 1.86 bits per heavy atom. The maximum absolute atomic E-state index is 12.1. The van der Waals surface area contributed by atoms with Gasteiger partial charge in [0.1, 0.15) is 5.60 Å². The Balaban J connectivity index is 1.74. The zero-order valence-electron chi connectivity index (χ0n) is 12.1. The highest BCUT2D eigenvalue weighted by Crippen LogP contribution is 2.23. The molecule has 7 heteroatoms. The van der Waals surface area contributed by atoms with Crippen LogP contribution in [0.3, 0.4) is 0 Å². The molecule has 1 heterocycles. The Morgan fingerprint density at radius 3 is 2.41 bits per heavy atom. The van der Waals surface area contributed by atoms with Crippen LogP contribution in [-0.4, -0.2) is 46.3 Å². The molecule has 5 nitrogen and oxygen atoms in total. The number of nitrogens with two attached hydrogens (primary N) is 1. The SMILES string of the molecule is NC(=O)C1(O)CCN(C(=O)CSCc2ccc(Cl)cc2)CC1. The molecule has 1 saturated heterocycles. The van der Waals surface area contributed by atoms with Crippen LogP contribution in [0.4, 0.5) is 0 Å². The molecule has 0 aromatic heterocycles. The second-order valence-corrected chi connectivity index (χ2v) is 6.82. The van der Waals surface area contributed by atoms with Crippen molar-refractivity contribution in [2.45, 2.75) is 24.2 Å². The molecule has 0 spiro atoms. The van der Waals surface area contributed by atoms with Gasteiger partial charge >= 0.3 is 0 Å². The summed E-state index contributed by atoms with van der Waals surface area (Å²) >= 11 is 7.35. The second kappa shape index (κ2) is 7.35. The molecule has 3 N–H and O–H groups in total. The summed E-state index contributed by atoms with van der Waals surface area (Å²) in [6.45, 7) is 0.722. The van der Waals surface area contributed by atoms with E-state index in [9.17, 15) is 14.7 Å². The maximum Gasteiger partial charge on any atom is 0.249 e. The molecular weight excluding hydrogens is 324 g/mol. The maximum atomic E-state index is 12.1. The number of benzene rings is 1. The number of nitrogens with zero attached hydrogens (tertiary/aromatic N) is 1. The summed E-state index contributed by atoms with van der Waals surface area (Å²) in [6.07, 6.45) is 0.409. The van der Waals surface area contributed by atoms with Crippen LogP contribution in [-0.2, 0) is 15.3 Å². The number of aliphatic hydroxyl groups is 1. The fourth-order valence-electron chi connectivity index (χ4n) is 2.30. The van der Waals surface area contributed by atoms with Crippen LogP contribution in [0.5, 0.6) is 0 Å². The smallest absolute Gasteiger partial charge is 0.249 e. The summed E-state index contributed by atoms with van der Waals surface area (Å²) in [6, 6.07) is 7.53. The number of piperidine rings is 1. The predicted molar refractivity (Wildman–Crippen MR) is 87.6 cm³/mol. The number of rotatable bonds is 5. The van der Waals surface area contributed by atoms with Crippen molar-refractivity contribution in [3.05, 3.63) is 34.9 Å². The van der Waals surface area contributed by atoms with E-state index in [0.717, 1.165) is 11.3 Å². The average molecular weight is 343 g/mol. The molecule has 22 heavy (non-hydrogen) atoms. The molecule has 0 saturated carbocycles. The summed E-state index contributed by atoms with van der Waals surface area (Å²) in [4.78, 5) is 24.9. The molecule has 0 radical (unpaired) electrons. The monoisotopic (exact) mass is 342 g/mol. The standard InChI is InChI=1S/C15H19ClN2O3S/c16-12-3-1-11(2-4-12)9-22-10-13(19)18-7-5-15(21,6-8-18)14(17)20/h1-4,21H,5-10H2,(H2,17,20). The van der Waals surface area contributed by atoms with Gasteiger partial charge in [-0.3, -0.25) is 9.59 Å². The normalized spacial score (nSPS) is 17.3. The first-order valence-electron chi connectivity index (χ1n) is 7.03. The highest BCUT2D eigenvalue weighted by molar-refractivity contribution is 7.99. The largest absolute Gasteiger partial charge is 0.380 e. The van der Waals surface area contributed by atoms with Crippen LogP contribution in [0.25, 0.3) is 0 Å². The number of likely N-dealkylation sites (tertiary alicyclic amines) is 1. The van der Waals surface area contributed by atoms with Crippen molar-refractivity contribution in [1.29, 1.82) is 0 Å². The Labute approximate surface area is 138 Å². The van der Waals surface area contributed by atoms with E-state index in [-0.39, 0.29) is 18.7 Å². The minimum Gasteiger partial charge on any atom is -0.380 e. The third-order valence-corrected chi connectivity index (χ3v) is 5.05. The first-order chi connectivity index (χ1) is 10.4. The fraction of sp³-hybridized carbons (Fsp3) is 0.467. The van der Waals surface area contributed by atoms with E-state index in [1.807, 2.05) is 24.3 Å². The van der Waals surface area contributed by atoms with E-state index in [2.05, 4.69) is 0 Å². The molecule has 0 aliphatic carbocycles. The Morgan fingerprint density at radius 1 is 1.27 bits per heavy atom. The first kappa shape index (κ1) is 17.1. The van der Waals surface area contributed by atoms with Crippen LogP contribution in [0.15, 0.2) is 24.3 Å². The van der Waals surface area contributed by atoms with E-state index in [4.69, 9.17) is 17.3 Å². The number of halogens is 1. The van der Waals surface area contributed by atoms with Crippen molar-refractivity contribution in [2.75, 3.05) is 18.8 Å². The van der Waals surface area contributed by atoms with Crippen molar-refractivity contribution in [2.24, 2.45) is 5.73 Å². The Bertz CT molecular complexity index is 542. The summed E-state index contributed by atoms with van der Waals surface area (Å²) in [5.41, 5.74) is 4.82. The second-order valence-electron chi connectivity index (χ2n) is 5.40. The lowest BCUT2D eigenvalue weighted by atomic mass is 9.91. The van der Waals surface area contributed by atoms with Gasteiger partial charge in [-0.15, -0.1) is 11.8 Å². The first-order valence-corrected chi connectivity index (χ1v) is 8.56. The van der Waals surface area contributed by atoms with Crippen molar-refractivity contribution in [3.8, 4) is 0 Å². The molecule has 2 amide bonds. The van der Waals surface area contributed by atoms with E-state index < -0.39 is 11.5 Å². The molecule has 1 aromatic carbocycles. The lowest BCUT2D eigenvalue weighted by Gasteiger charge is -2.36. The summed E-state index contributed by atoms with van der Waals surface area (Å²) in [5.74, 6) is 0.418. The predicted octanol–water partition coefficient (Wildman–Crippen LogP) is 1.41. The molecule has 2 rings (SSSR count). The Hall–Kier alpha value is -1.24. The average Bonchev–Trinajstić information content (AvgIpc) is 2.49. The molecule has 0 bridgehead atoms. The van der Waals surface area contributed by atoms with Gasteiger partial charge in [-0.05, 0) is 17.7 Å². The van der Waals surface area contributed by atoms with Gasteiger partial charge in [-0.25, -0.2) is 0 Å². The van der Waals surface area contributed by atoms with Gasteiger partial charge in [0.05, 0.1) is 5.75 Å². The van der Waals surface area contributed by atoms with E-state index in [1.165, 1.54) is 11.8 Å². The minimum atomic E-state index is -1.47. The van der Waals surface area contributed by atoms with E-state index >= 15 is 0 Å². The summed E-state index contributed by atoms with van der Waals surface area (Å²) < 4.78 is 0. The summed E-state index contributed by atoms with van der Waals surface area (Å²) in [7, 11) is 0. The molecule has 120 valence electrons. The molecule has 1 fully saturated rings. The van der Waals surface area contributed by atoms with Crippen LogP contribution in [0.1, 0.15) is 18.4 Å². The van der Waals surface area contributed by atoms with Crippen LogP contribution in [0.2, 0.25) is 5.02 Å². The van der Waals surface area contributed by atoms with Crippen molar-refractivity contribution < 1.29 is 14.7 Å². The lowest BCUT2D eigenvalue weighted by Crippen LogP contribution is -2.53. The zero-order valence-corrected chi connectivity index (χ0v) is 13.7. The quantitative estimate of drug-likeness (QED) is 0.847. The van der Waals surface area contributed by atoms with E-state index in [0.29, 0.717) is 23.9 Å². The van der Waals surface area contributed by atoms with E-state index in [1.54, 1.807) is 4.90 Å². The topological polar surface area (TPSA) is 83.6 Å². The van der Waals surface area contributed by atoms with Gasteiger partial charge in [0, 0.05) is 36.7 Å². The molecule has 0 unspecified atom stereocenters. The molecule has 1 aromatic rings. The number of carbonyl (C=O) groups excluding carboxylic acids is 2. The molecule has 1 aliphatic heterocycles. The van der Waals surface area contributed by atoms with Gasteiger partial charge < -0.3 is 15.7 Å². The van der Waals surface area contributed by atoms with Crippen LogP contribution < -0.4 is 5.73 Å². The van der Waals surface area contributed by atoms with Crippen molar-refractivity contribution in [1.82, 2.24) is 4.90 Å². The van der Waals surface area contributed by atoms with Gasteiger partial charge in [0.2, 0.25) is 11.8 Å².